The van der Waals surface area contributed by atoms with Gasteiger partial charge in [-0.3, -0.25) is 14.5 Å². The molecule has 0 aromatic carbocycles. The van der Waals surface area contributed by atoms with Crippen molar-refractivity contribution in [1.82, 2.24) is 4.90 Å². The highest BCUT2D eigenvalue weighted by Crippen LogP contribution is 2.49. The topological polar surface area (TPSA) is 37.4 Å². The molecule has 0 aromatic rings. The second-order valence-electron chi connectivity index (χ2n) is 6.27. The second-order valence-corrected chi connectivity index (χ2v) is 6.27. The van der Waals surface area contributed by atoms with Gasteiger partial charge in [-0.15, -0.1) is 13.2 Å². The highest BCUT2D eigenvalue weighted by Gasteiger charge is 2.59. The lowest BCUT2D eigenvalue weighted by Gasteiger charge is -2.31. The number of imide groups is 1. The predicted octanol–water partition coefficient (Wildman–Crippen LogP) is 2.39. The Morgan fingerprint density at radius 1 is 1.06 bits per heavy atom. The summed E-state index contributed by atoms with van der Waals surface area (Å²) >= 11 is 0. The molecule has 0 spiro atoms. The van der Waals surface area contributed by atoms with Gasteiger partial charge in [0.1, 0.15) is 0 Å². The molecule has 4 unspecified atom stereocenters. The number of rotatable bonds is 2. The molecule has 2 fully saturated rings. The van der Waals surface area contributed by atoms with E-state index < -0.39 is 5.54 Å². The number of nitrogens with zero attached hydrogens (tertiary/aromatic N) is 1. The minimum atomic E-state index is -0.448. The van der Waals surface area contributed by atoms with Gasteiger partial charge in [-0.1, -0.05) is 12.2 Å². The van der Waals surface area contributed by atoms with Gasteiger partial charge >= 0.3 is 0 Å². The van der Waals surface area contributed by atoms with Crippen LogP contribution in [0, 0.1) is 23.7 Å². The molecule has 2 aliphatic rings. The van der Waals surface area contributed by atoms with Crippen molar-refractivity contribution in [2.75, 3.05) is 0 Å². The zero-order valence-electron chi connectivity index (χ0n) is 11.3. The van der Waals surface area contributed by atoms with Gasteiger partial charge in [-0.25, -0.2) is 0 Å². The highest BCUT2D eigenvalue weighted by molar-refractivity contribution is 6.06. The largest absolute Gasteiger partial charge is 0.277 e. The van der Waals surface area contributed by atoms with Crippen LogP contribution in [0.5, 0.6) is 0 Å². The molecule has 98 valence electrons. The fourth-order valence-corrected chi connectivity index (χ4v) is 3.37. The molecule has 3 nitrogen and oxygen atoms in total. The zero-order valence-corrected chi connectivity index (χ0v) is 11.3. The summed E-state index contributed by atoms with van der Waals surface area (Å²) in [7, 11) is 0. The Morgan fingerprint density at radius 2 is 1.44 bits per heavy atom. The first kappa shape index (κ1) is 13.1. The zero-order chi connectivity index (χ0) is 13.7. The Kier molecular flexibility index (Phi) is 2.96. The maximum Gasteiger partial charge on any atom is 0.234 e. The van der Waals surface area contributed by atoms with Crippen molar-refractivity contribution < 1.29 is 9.59 Å². The standard InChI is InChI=1S/C15H21NO2/c1-6-9-8-10(7-2)12-11(9)13(17)16(14(12)18)15(3,4)5/h6-7,9-12H,1-2,8H2,3-5H3. The monoisotopic (exact) mass is 247 g/mol. The molecular weight excluding hydrogens is 226 g/mol. The molecule has 1 aliphatic carbocycles. The third-order valence-electron chi connectivity index (χ3n) is 4.14. The number of amides is 2. The van der Waals surface area contributed by atoms with Gasteiger partial charge in [-0.05, 0) is 39.0 Å². The SMILES string of the molecule is C=CC1CC(C=C)C2C(=O)N(C(C)(C)C)C(=O)C12. The Bertz CT molecular complexity index is 387. The predicted molar refractivity (Wildman–Crippen MR) is 70.6 cm³/mol. The van der Waals surface area contributed by atoms with Crippen LogP contribution in [0.15, 0.2) is 25.3 Å². The lowest BCUT2D eigenvalue weighted by Crippen LogP contribution is -2.47. The van der Waals surface area contributed by atoms with Crippen LogP contribution in [0.4, 0.5) is 0 Å². The molecule has 0 aromatic heterocycles. The number of hydrogen-bond donors (Lipinski definition) is 0. The van der Waals surface area contributed by atoms with Crippen LogP contribution in [-0.4, -0.2) is 22.3 Å². The maximum atomic E-state index is 12.5. The summed E-state index contributed by atoms with van der Waals surface area (Å²) in [5.41, 5.74) is -0.448. The van der Waals surface area contributed by atoms with E-state index in [1.807, 2.05) is 32.9 Å². The fourth-order valence-electron chi connectivity index (χ4n) is 3.37. The molecule has 1 aliphatic heterocycles. The molecule has 2 rings (SSSR count). The lowest BCUT2D eigenvalue weighted by atomic mass is 9.89. The fraction of sp³-hybridized carbons (Fsp3) is 0.600. The van der Waals surface area contributed by atoms with Crippen LogP contribution in [0.2, 0.25) is 0 Å². The average molecular weight is 247 g/mol. The Labute approximate surface area is 109 Å². The lowest BCUT2D eigenvalue weighted by molar-refractivity contribution is -0.146. The van der Waals surface area contributed by atoms with Gasteiger partial charge in [0.15, 0.2) is 0 Å². The van der Waals surface area contributed by atoms with E-state index in [4.69, 9.17) is 0 Å². The number of likely N-dealkylation sites (tertiary alicyclic amines) is 1. The van der Waals surface area contributed by atoms with E-state index >= 15 is 0 Å². The van der Waals surface area contributed by atoms with Crippen LogP contribution in [-0.2, 0) is 9.59 Å². The van der Waals surface area contributed by atoms with E-state index in [9.17, 15) is 9.59 Å². The summed E-state index contributed by atoms with van der Waals surface area (Å²) in [5, 5.41) is 0. The molecule has 2 amide bonds. The molecule has 0 radical (unpaired) electrons. The first-order valence-electron chi connectivity index (χ1n) is 6.46. The number of carbonyl (C=O) groups is 2. The van der Waals surface area contributed by atoms with Crippen LogP contribution in [0.1, 0.15) is 27.2 Å². The Morgan fingerprint density at radius 3 is 1.72 bits per heavy atom. The van der Waals surface area contributed by atoms with Crippen molar-refractivity contribution in [2.45, 2.75) is 32.7 Å². The van der Waals surface area contributed by atoms with Crippen molar-refractivity contribution in [1.29, 1.82) is 0 Å². The minimum Gasteiger partial charge on any atom is -0.277 e. The van der Waals surface area contributed by atoms with Crippen LogP contribution in [0.25, 0.3) is 0 Å². The van der Waals surface area contributed by atoms with Gasteiger partial charge in [0.2, 0.25) is 11.8 Å². The molecule has 1 heterocycles. The van der Waals surface area contributed by atoms with E-state index in [1.54, 1.807) is 0 Å². The first-order chi connectivity index (χ1) is 8.32. The van der Waals surface area contributed by atoms with E-state index in [0.29, 0.717) is 0 Å². The van der Waals surface area contributed by atoms with Crippen molar-refractivity contribution in [3.05, 3.63) is 25.3 Å². The van der Waals surface area contributed by atoms with Gasteiger partial charge in [0, 0.05) is 5.54 Å². The maximum absolute atomic E-state index is 12.5. The minimum absolute atomic E-state index is 0.0354. The summed E-state index contributed by atoms with van der Waals surface area (Å²) in [4.78, 5) is 26.4. The van der Waals surface area contributed by atoms with Gasteiger partial charge < -0.3 is 0 Å². The Balaban J connectivity index is 2.42. The quantitative estimate of drug-likeness (QED) is 0.555. The molecule has 4 atom stereocenters. The smallest absolute Gasteiger partial charge is 0.234 e. The summed E-state index contributed by atoms with van der Waals surface area (Å²) < 4.78 is 0. The van der Waals surface area contributed by atoms with Gasteiger partial charge in [0.25, 0.3) is 0 Å². The molecule has 1 saturated carbocycles. The van der Waals surface area contributed by atoms with E-state index in [0.717, 1.165) is 6.42 Å². The average Bonchev–Trinajstić information content (AvgIpc) is 2.75. The number of fused-ring (bicyclic) bond motifs is 1. The van der Waals surface area contributed by atoms with Crippen molar-refractivity contribution in [3.63, 3.8) is 0 Å². The Hall–Kier alpha value is -1.38. The number of allylic oxidation sites excluding steroid dienone is 2. The summed E-state index contributed by atoms with van der Waals surface area (Å²) in [6.07, 6.45) is 4.45. The van der Waals surface area contributed by atoms with Crippen LogP contribution >= 0.6 is 0 Å². The molecule has 18 heavy (non-hydrogen) atoms. The van der Waals surface area contributed by atoms with Crippen LogP contribution in [0.3, 0.4) is 0 Å². The van der Waals surface area contributed by atoms with E-state index in [1.165, 1.54) is 4.90 Å². The third-order valence-corrected chi connectivity index (χ3v) is 4.14. The highest BCUT2D eigenvalue weighted by atomic mass is 16.2. The van der Waals surface area contributed by atoms with Crippen molar-refractivity contribution >= 4 is 11.8 Å². The van der Waals surface area contributed by atoms with E-state index in [2.05, 4.69) is 13.2 Å². The summed E-state index contributed by atoms with van der Waals surface area (Å²) in [6.45, 7) is 13.3. The molecule has 0 N–H and O–H groups in total. The molecule has 3 heteroatoms. The third kappa shape index (κ3) is 1.64. The van der Waals surface area contributed by atoms with E-state index in [-0.39, 0.29) is 35.5 Å². The van der Waals surface area contributed by atoms with Crippen molar-refractivity contribution in [2.24, 2.45) is 23.7 Å². The molecular formula is C15H21NO2. The van der Waals surface area contributed by atoms with Crippen LogP contribution < -0.4 is 0 Å². The number of hydrogen-bond acceptors (Lipinski definition) is 2. The normalized spacial score (nSPS) is 35.8. The van der Waals surface area contributed by atoms with Gasteiger partial charge in [-0.2, -0.15) is 0 Å². The first-order valence-corrected chi connectivity index (χ1v) is 6.46. The summed E-state index contributed by atoms with van der Waals surface area (Å²) in [6, 6.07) is 0. The second kappa shape index (κ2) is 4.08. The van der Waals surface area contributed by atoms with Gasteiger partial charge in [0.05, 0.1) is 11.8 Å². The summed E-state index contributed by atoms with van der Waals surface area (Å²) in [5.74, 6) is -0.323. The van der Waals surface area contributed by atoms with Crippen molar-refractivity contribution in [3.8, 4) is 0 Å². The molecule has 0 bridgehead atoms. The molecule has 1 saturated heterocycles. The number of carbonyl (C=O) groups excluding carboxylic acids is 2.